The summed E-state index contributed by atoms with van der Waals surface area (Å²) in [6.07, 6.45) is 5.23. The lowest BCUT2D eigenvalue weighted by Crippen LogP contribution is -2.37. The molecule has 1 amide bonds. The molecule has 8 nitrogen and oxygen atoms in total. The maximum Gasteiger partial charge on any atom is 0.255 e. The predicted molar refractivity (Wildman–Crippen MR) is 136 cm³/mol. The van der Waals surface area contributed by atoms with Crippen molar-refractivity contribution in [2.24, 2.45) is 0 Å². The Morgan fingerprint density at radius 1 is 1.09 bits per heavy atom. The summed E-state index contributed by atoms with van der Waals surface area (Å²) in [5, 5.41) is 2.98. The van der Waals surface area contributed by atoms with E-state index in [1.807, 2.05) is 44.2 Å². The van der Waals surface area contributed by atoms with Gasteiger partial charge in [0.05, 0.1) is 30.8 Å². The SMILES string of the molecule is Cc1ncc(NC(=O)c2ccnc(C(C)C)c2)cc1-c1cnc(N(C)C)c(N2CCOCC2)c1. The van der Waals surface area contributed by atoms with Gasteiger partial charge in [-0.25, -0.2) is 4.98 Å². The molecule has 0 atom stereocenters. The maximum atomic E-state index is 12.9. The van der Waals surface area contributed by atoms with Crippen molar-refractivity contribution >= 4 is 23.1 Å². The molecule has 1 saturated heterocycles. The highest BCUT2D eigenvalue weighted by Gasteiger charge is 2.19. The zero-order valence-electron chi connectivity index (χ0n) is 20.5. The number of rotatable bonds is 6. The number of aryl methyl sites for hydroxylation is 1. The van der Waals surface area contributed by atoms with E-state index in [1.165, 1.54) is 0 Å². The van der Waals surface area contributed by atoms with Crippen LogP contribution in [0, 0.1) is 6.92 Å². The third-order valence-corrected chi connectivity index (χ3v) is 5.91. The van der Waals surface area contributed by atoms with E-state index in [4.69, 9.17) is 9.72 Å². The van der Waals surface area contributed by atoms with Gasteiger partial charge in [-0.1, -0.05) is 13.8 Å². The number of anilines is 3. The number of hydrogen-bond donors (Lipinski definition) is 1. The average Bonchev–Trinajstić information content (AvgIpc) is 2.85. The van der Waals surface area contributed by atoms with Crippen molar-refractivity contribution in [3.63, 3.8) is 0 Å². The van der Waals surface area contributed by atoms with Gasteiger partial charge in [0.15, 0.2) is 5.82 Å². The van der Waals surface area contributed by atoms with Crippen molar-refractivity contribution in [2.75, 3.05) is 55.5 Å². The average molecular weight is 461 g/mol. The van der Waals surface area contributed by atoms with Gasteiger partial charge < -0.3 is 19.9 Å². The van der Waals surface area contributed by atoms with Crippen LogP contribution in [-0.2, 0) is 4.74 Å². The van der Waals surface area contributed by atoms with E-state index in [9.17, 15) is 4.79 Å². The second-order valence-electron chi connectivity index (χ2n) is 9.00. The lowest BCUT2D eigenvalue weighted by molar-refractivity contribution is 0.102. The van der Waals surface area contributed by atoms with Crippen molar-refractivity contribution in [1.82, 2.24) is 15.0 Å². The van der Waals surface area contributed by atoms with Gasteiger partial charge in [-0.3, -0.25) is 14.8 Å². The van der Waals surface area contributed by atoms with E-state index in [1.54, 1.807) is 18.5 Å². The summed E-state index contributed by atoms with van der Waals surface area (Å²) < 4.78 is 5.54. The van der Waals surface area contributed by atoms with Gasteiger partial charge in [0, 0.05) is 67.7 Å². The summed E-state index contributed by atoms with van der Waals surface area (Å²) in [7, 11) is 4.00. The molecule has 1 fully saturated rings. The molecule has 0 bridgehead atoms. The van der Waals surface area contributed by atoms with E-state index in [0.29, 0.717) is 24.5 Å². The Morgan fingerprint density at radius 2 is 1.85 bits per heavy atom. The molecule has 0 radical (unpaired) electrons. The van der Waals surface area contributed by atoms with Gasteiger partial charge in [0.25, 0.3) is 5.91 Å². The molecule has 0 unspecified atom stereocenters. The van der Waals surface area contributed by atoms with Crippen LogP contribution in [0.5, 0.6) is 0 Å². The van der Waals surface area contributed by atoms with Crippen LogP contribution in [0.25, 0.3) is 11.1 Å². The smallest absolute Gasteiger partial charge is 0.255 e. The summed E-state index contributed by atoms with van der Waals surface area (Å²) in [5.41, 5.74) is 5.93. The first-order valence-electron chi connectivity index (χ1n) is 11.6. The lowest BCUT2D eigenvalue weighted by atomic mass is 10.0. The fraction of sp³-hybridized carbons (Fsp3) is 0.385. The standard InChI is InChI=1S/C26H32N6O2/c1-17(2)23-12-19(6-7-27-23)26(33)30-21-14-22(18(3)28-16-21)20-13-24(25(29-15-20)31(4)5)32-8-10-34-11-9-32/h6-7,12-17H,8-11H2,1-5H3,(H,30,33). The van der Waals surface area contributed by atoms with E-state index >= 15 is 0 Å². The van der Waals surface area contributed by atoms with E-state index < -0.39 is 0 Å². The summed E-state index contributed by atoms with van der Waals surface area (Å²) in [6.45, 7) is 9.13. The first-order chi connectivity index (χ1) is 16.3. The van der Waals surface area contributed by atoms with E-state index in [0.717, 1.165) is 47.1 Å². The number of hydrogen-bond acceptors (Lipinski definition) is 7. The molecule has 1 aliphatic heterocycles. The molecule has 0 spiro atoms. The van der Waals surface area contributed by atoms with Crippen LogP contribution in [0.3, 0.4) is 0 Å². The number of pyridine rings is 3. The number of carbonyl (C=O) groups is 1. The Kier molecular flexibility index (Phi) is 7.07. The topological polar surface area (TPSA) is 83.5 Å². The predicted octanol–water partition coefficient (Wildman–Crippen LogP) is 4.13. The molecule has 3 aromatic heterocycles. The first kappa shape index (κ1) is 23.6. The van der Waals surface area contributed by atoms with Gasteiger partial charge in [-0.15, -0.1) is 0 Å². The van der Waals surface area contributed by atoms with Crippen LogP contribution in [0.15, 0.2) is 42.9 Å². The molecule has 0 aliphatic carbocycles. The molecular formula is C26H32N6O2. The minimum absolute atomic E-state index is 0.184. The molecule has 0 aromatic carbocycles. The Balaban J connectivity index is 1.64. The zero-order valence-corrected chi connectivity index (χ0v) is 20.5. The Bertz CT molecular complexity index is 1170. The van der Waals surface area contributed by atoms with Gasteiger partial charge >= 0.3 is 0 Å². The fourth-order valence-electron chi connectivity index (χ4n) is 3.98. The molecule has 3 aromatic rings. The summed E-state index contributed by atoms with van der Waals surface area (Å²) in [4.78, 5) is 30.9. The maximum absolute atomic E-state index is 12.9. The molecule has 0 saturated carbocycles. The molecule has 4 rings (SSSR count). The van der Waals surface area contributed by atoms with Crippen molar-refractivity contribution in [1.29, 1.82) is 0 Å². The third-order valence-electron chi connectivity index (χ3n) is 5.91. The van der Waals surface area contributed by atoms with Crippen LogP contribution in [0.1, 0.15) is 41.5 Å². The molecule has 4 heterocycles. The zero-order chi connectivity index (χ0) is 24.2. The highest BCUT2D eigenvalue weighted by atomic mass is 16.5. The monoisotopic (exact) mass is 460 g/mol. The number of amides is 1. The minimum atomic E-state index is -0.184. The van der Waals surface area contributed by atoms with Gasteiger partial charge in [-0.05, 0) is 37.1 Å². The number of nitrogens with zero attached hydrogens (tertiary/aromatic N) is 5. The molecule has 1 aliphatic rings. The summed E-state index contributed by atoms with van der Waals surface area (Å²) in [5.74, 6) is 0.981. The van der Waals surface area contributed by atoms with Crippen molar-refractivity contribution in [3.05, 3.63) is 59.8 Å². The largest absolute Gasteiger partial charge is 0.378 e. The normalized spacial score (nSPS) is 13.8. The first-order valence-corrected chi connectivity index (χ1v) is 11.6. The third kappa shape index (κ3) is 5.17. The fourth-order valence-corrected chi connectivity index (χ4v) is 3.98. The van der Waals surface area contributed by atoms with Crippen molar-refractivity contribution < 1.29 is 9.53 Å². The van der Waals surface area contributed by atoms with Crippen LogP contribution in [0.4, 0.5) is 17.2 Å². The van der Waals surface area contributed by atoms with Crippen LogP contribution >= 0.6 is 0 Å². The Hall–Kier alpha value is -3.52. The number of carbonyl (C=O) groups excluding carboxylic acids is 1. The highest BCUT2D eigenvalue weighted by molar-refractivity contribution is 6.04. The van der Waals surface area contributed by atoms with Crippen LogP contribution in [0.2, 0.25) is 0 Å². The number of nitrogens with one attached hydrogen (secondary N) is 1. The number of aromatic nitrogens is 3. The number of morpholine rings is 1. The van der Waals surface area contributed by atoms with Crippen molar-refractivity contribution in [2.45, 2.75) is 26.7 Å². The van der Waals surface area contributed by atoms with E-state index in [-0.39, 0.29) is 11.8 Å². The van der Waals surface area contributed by atoms with Gasteiger partial charge in [0.2, 0.25) is 0 Å². The quantitative estimate of drug-likeness (QED) is 0.592. The lowest BCUT2D eigenvalue weighted by Gasteiger charge is -2.31. The molecule has 1 N–H and O–H groups in total. The minimum Gasteiger partial charge on any atom is -0.378 e. The Morgan fingerprint density at radius 3 is 2.56 bits per heavy atom. The van der Waals surface area contributed by atoms with Gasteiger partial charge in [-0.2, -0.15) is 0 Å². The second kappa shape index (κ2) is 10.2. The molecule has 178 valence electrons. The Labute approximate surface area is 201 Å². The molecule has 8 heteroatoms. The summed E-state index contributed by atoms with van der Waals surface area (Å²) in [6, 6.07) is 7.67. The van der Waals surface area contributed by atoms with Crippen molar-refractivity contribution in [3.8, 4) is 11.1 Å². The second-order valence-corrected chi connectivity index (χ2v) is 9.00. The summed E-state index contributed by atoms with van der Waals surface area (Å²) >= 11 is 0. The number of ether oxygens (including phenoxy) is 1. The molecular weight excluding hydrogens is 428 g/mol. The van der Waals surface area contributed by atoms with Crippen LogP contribution in [-0.4, -0.2) is 61.3 Å². The van der Waals surface area contributed by atoms with E-state index in [2.05, 4.69) is 40.1 Å². The van der Waals surface area contributed by atoms with Crippen LogP contribution < -0.4 is 15.1 Å². The van der Waals surface area contributed by atoms with Gasteiger partial charge in [0.1, 0.15) is 0 Å². The molecule has 34 heavy (non-hydrogen) atoms. The highest BCUT2D eigenvalue weighted by Crippen LogP contribution is 2.33.